The Hall–Kier alpha value is -1.33. The second-order valence-corrected chi connectivity index (χ2v) is 3.88. The zero-order valence-electron chi connectivity index (χ0n) is 8.89. The van der Waals surface area contributed by atoms with E-state index >= 15 is 0 Å². The van der Waals surface area contributed by atoms with Gasteiger partial charge in [-0.2, -0.15) is 0 Å². The summed E-state index contributed by atoms with van der Waals surface area (Å²) in [5.41, 5.74) is 2.60. The summed E-state index contributed by atoms with van der Waals surface area (Å²) in [5, 5.41) is 20.5. The fraction of sp³-hybridized carbons (Fsp3) is 0.400. The van der Waals surface area contributed by atoms with E-state index in [1.54, 1.807) is 4.68 Å². The number of aryl methyl sites for hydroxylation is 1. The average Bonchev–Trinajstić information content (AvgIpc) is 2.69. The Balaban J connectivity index is 2.24. The van der Waals surface area contributed by atoms with Gasteiger partial charge in [0.25, 0.3) is 0 Å². The monoisotopic (exact) mass is 240 g/mol. The number of anilines is 1. The summed E-state index contributed by atoms with van der Waals surface area (Å²) in [4.78, 5) is 0. The van der Waals surface area contributed by atoms with Crippen molar-refractivity contribution in [3.63, 3.8) is 0 Å². The number of fused-ring (bicyclic) bond motifs is 1. The van der Waals surface area contributed by atoms with Gasteiger partial charge in [0.05, 0.1) is 23.2 Å². The quantitative estimate of drug-likeness (QED) is 0.782. The predicted molar refractivity (Wildman–Crippen MR) is 63.7 cm³/mol. The van der Waals surface area contributed by atoms with E-state index in [0.29, 0.717) is 6.54 Å². The number of aromatic nitrogens is 3. The van der Waals surface area contributed by atoms with Gasteiger partial charge in [-0.1, -0.05) is 11.3 Å². The van der Waals surface area contributed by atoms with Gasteiger partial charge in [0, 0.05) is 13.6 Å². The van der Waals surface area contributed by atoms with E-state index in [1.807, 2.05) is 25.2 Å². The molecule has 0 saturated heterocycles. The highest BCUT2D eigenvalue weighted by Crippen LogP contribution is 2.19. The number of aliphatic hydroxyl groups is 1. The van der Waals surface area contributed by atoms with E-state index in [-0.39, 0.29) is 5.88 Å². The first-order chi connectivity index (χ1) is 7.72. The number of halogens is 1. The predicted octanol–water partition coefficient (Wildman–Crippen LogP) is 0.980. The van der Waals surface area contributed by atoms with E-state index in [2.05, 4.69) is 15.6 Å². The average molecular weight is 241 g/mol. The summed E-state index contributed by atoms with van der Waals surface area (Å²) in [6.07, 6.45) is -0.561. The van der Waals surface area contributed by atoms with Crippen molar-refractivity contribution in [2.45, 2.75) is 6.10 Å². The maximum atomic E-state index is 9.36. The molecule has 2 N–H and O–H groups in total. The van der Waals surface area contributed by atoms with Crippen LogP contribution in [0.2, 0.25) is 0 Å². The summed E-state index contributed by atoms with van der Waals surface area (Å²) in [6, 6.07) is 5.76. The van der Waals surface area contributed by atoms with Gasteiger partial charge in [-0.15, -0.1) is 16.7 Å². The van der Waals surface area contributed by atoms with Gasteiger partial charge in [-0.3, -0.25) is 0 Å². The Kier molecular flexibility index (Phi) is 3.26. The van der Waals surface area contributed by atoms with Crippen LogP contribution < -0.4 is 5.32 Å². The fourth-order valence-corrected chi connectivity index (χ4v) is 1.59. The van der Waals surface area contributed by atoms with Gasteiger partial charge >= 0.3 is 0 Å². The highest BCUT2D eigenvalue weighted by molar-refractivity contribution is 6.18. The Labute approximate surface area is 98.0 Å². The molecule has 1 unspecified atom stereocenters. The van der Waals surface area contributed by atoms with Gasteiger partial charge in [-0.25, -0.2) is 4.68 Å². The first-order valence-electron chi connectivity index (χ1n) is 4.98. The number of alkyl halides is 1. The summed E-state index contributed by atoms with van der Waals surface area (Å²) < 4.78 is 1.71. The molecule has 0 aliphatic carbocycles. The topological polar surface area (TPSA) is 63.0 Å². The van der Waals surface area contributed by atoms with Crippen LogP contribution in [0.25, 0.3) is 11.0 Å². The molecular weight excluding hydrogens is 228 g/mol. The molecule has 1 aromatic heterocycles. The first kappa shape index (κ1) is 11.2. The van der Waals surface area contributed by atoms with Gasteiger partial charge in [0.1, 0.15) is 5.52 Å². The molecule has 0 spiro atoms. The smallest absolute Gasteiger partial charge is 0.136 e. The molecule has 0 radical (unpaired) electrons. The molecule has 0 bridgehead atoms. The van der Waals surface area contributed by atoms with Crippen molar-refractivity contribution in [1.82, 2.24) is 15.0 Å². The van der Waals surface area contributed by atoms with Crippen molar-refractivity contribution in [1.29, 1.82) is 0 Å². The molecule has 1 heterocycles. The molecule has 1 aromatic carbocycles. The van der Waals surface area contributed by atoms with Gasteiger partial charge in [0.2, 0.25) is 0 Å². The lowest BCUT2D eigenvalue weighted by atomic mass is 10.2. The van der Waals surface area contributed by atoms with Gasteiger partial charge in [-0.05, 0) is 12.1 Å². The minimum Gasteiger partial charge on any atom is -0.390 e. The molecule has 0 fully saturated rings. The molecule has 16 heavy (non-hydrogen) atoms. The number of hydrogen-bond acceptors (Lipinski definition) is 4. The SMILES string of the molecule is Cn1nnc2c(NCC(O)CCl)cccc21. The van der Waals surface area contributed by atoms with Crippen LogP contribution in [-0.2, 0) is 7.05 Å². The highest BCUT2D eigenvalue weighted by Gasteiger charge is 2.07. The summed E-state index contributed by atoms with van der Waals surface area (Å²) >= 11 is 5.52. The van der Waals surface area contributed by atoms with Crippen molar-refractivity contribution in [3.8, 4) is 0 Å². The number of nitrogens with one attached hydrogen (secondary N) is 1. The van der Waals surface area contributed by atoms with Crippen molar-refractivity contribution >= 4 is 28.3 Å². The van der Waals surface area contributed by atoms with Crippen LogP contribution in [0.4, 0.5) is 5.69 Å². The second kappa shape index (κ2) is 4.67. The third-order valence-electron chi connectivity index (χ3n) is 2.35. The zero-order valence-corrected chi connectivity index (χ0v) is 9.65. The molecular formula is C10H13ClN4O. The first-order valence-corrected chi connectivity index (χ1v) is 5.52. The molecule has 0 aliphatic heterocycles. The maximum absolute atomic E-state index is 9.36. The molecule has 0 aliphatic rings. The third kappa shape index (κ3) is 2.10. The fourth-order valence-electron chi connectivity index (χ4n) is 1.48. The lowest BCUT2D eigenvalue weighted by Crippen LogP contribution is -2.20. The van der Waals surface area contributed by atoms with E-state index < -0.39 is 6.10 Å². The standard InChI is InChI=1S/C10H13ClN4O/c1-15-9-4-2-3-8(10(9)13-14-15)12-6-7(16)5-11/h2-4,7,12,16H,5-6H2,1H3. The maximum Gasteiger partial charge on any atom is 0.136 e. The third-order valence-corrected chi connectivity index (χ3v) is 2.70. The molecule has 0 amide bonds. The highest BCUT2D eigenvalue weighted by atomic mass is 35.5. The van der Waals surface area contributed by atoms with Crippen molar-refractivity contribution < 1.29 is 5.11 Å². The van der Waals surface area contributed by atoms with Crippen LogP contribution in [0, 0.1) is 0 Å². The van der Waals surface area contributed by atoms with E-state index in [0.717, 1.165) is 16.7 Å². The van der Waals surface area contributed by atoms with Crippen LogP contribution in [0.15, 0.2) is 18.2 Å². The summed E-state index contributed by atoms with van der Waals surface area (Å²) in [5.74, 6) is 0.212. The van der Waals surface area contributed by atoms with Gasteiger partial charge in [0.15, 0.2) is 0 Å². The summed E-state index contributed by atoms with van der Waals surface area (Å²) in [7, 11) is 1.84. The zero-order chi connectivity index (χ0) is 11.5. The Morgan fingerprint density at radius 2 is 2.38 bits per heavy atom. The number of benzene rings is 1. The minimum absolute atomic E-state index is 0.212. The van der Waals surface area contributed by atoms with Crippen LogP contribution in [-0.4, -0.2) is 38.6 Å². The Bertz CT molecular complexity index is 485. The molecule has 2 aromatic rings. The second-order valence-electron chi connectivity index (χ2n) is 3.58. The van der Waals surface area contributed by atoms with Crippen molar-refractivity contribution in [2.75, 3.05) is 17.7 Å². The molecule has 5 nitrogen and oxygen atoms in total. The minimum atomic E-state index is -0.561. The van der Waals surface area contributed by atoms with E-state index in [4.69, 9.17) is 11.6 Å². The molecule has 1 atom stereocenters. The van der Waals surface area contributed by atoms with E-state index in [1.165, 1.54) is 0 Å². The largest absolute Gasteiger partial charge is 0.390 e. The van der Waals surface area contributed by atoms with Crippen LogP contribution in [0.1, 0.15) is 0 Å². The molecule has 0 saturated carbocycles. The Morgan fingerprint density at radius 1 is 1.56 bits per heavy atom. The lowest BCUT2D eigenvalue weighted by Gasteiger charge is -2.09. The normalized spacial score (nSPS) is 12.9. The number of nitrogens with zero attached hydrogens (tertiary/aromatic N) is 3. The van der Waals surface area contributed by atoms with E-state index in [9.17, 15) is 5.11 Å². The Morgan fingerprint density at radius 3 is 3.12 bits per heavy atom. The number of aliphatic hydroxyl groups excluding tert-OH is 1. The van der Waals surface area contributed by atoms with Crippen LogP contribution in [0.5, 0.6) is 0 Å². The molecule has 2 rings (SSSR count). The van der Waals surface area contributed by atoms with Crippen molar-refractivity contribution in [3.05, 3.63) is 18.2 Å². The summed E-state index contributed by atoms with van der Waals surface area (Å²) in [6.45, 7) is 0.402. The van der Waals surface area contributed by atoms with Crippen molar-refractivity contribution in [2.24, 2.45) is 7.05 Å². The lowest BCUT2D eigenvalue weighted by molar-refractivity contribution is 0.211. The van der Waals surface area contributed by atoms with Crippen LogP contribution in [0.3, 0.4) is 0 Å². The number of rotatable bonds is 4. The number of hydrogen-bond donors (Lipinski definition) is 2. The molecule has 86 valence electrons. The molecule has 6 heteroatoms. The van der Waals surface area contributed by atoms with Crippen LogP contribution >= 0.6 is 11.6 Å². The van der Waals surface area contributed by atoms with Gasteiger partial charge < -0.3 is 10.4 Å².